The minimum absolute atomic E-state index is 0.251. The summed E-state index contributed by atoms with van der Waals surface area (Å²) < 4.78 is 4.61. The Kier molecular flexibility index (Phi) is 2.40. The number of carbonyl (C=O) groups is 1. The Hall–Kier alpha value is -0.280. The first-order valence-corrected chi connectivity index (χ1v) is 4.05. The van der Waals surface area contributed by atoms with Gasteiger partial charge >= 0.3 is 5.97 Å². The number of methoxy groups -OCH3 is 1. The van der Waals surface area contributed by atoms with Crippen LogP contribution in [0.15, 0.2) is 0 Å². The molecule has 1 rings (SSSR count). The highest BCUT2D eigenvalue weighted by Crippen LogP contribution is 2.46. The van der Waals surface area contributed by atoms with Crippen molar-refractivity contribution in [2.45, 2.75) is 25.3 Å². The van der Waals surface area contributed by atoms with Crippen molar-refractivity contribution in [2.24, 2.45) is 5.92 Å². The molecule has 0 aromatic carbocycles. The van der Waals surface area contributed by atoms with Gasteiger partial charge in [-0.05, 0) is 24.1 Å². The van der Waals surface area contributed by atoms with Gasteiger partial charge in [-0.15, -0.1) is 0 Å². The van der Waals surface area contributed by atoms with Crippen LogP contribution >= 0.6 is 11.8 Å². The van der Waals surface area contributed by atoms with Crippen LogP contribution in [0.25, 0.3) is 0 Å². The molecular formula is C7H12ClNO2. The van der Waals surface area contributed by atoms with E-state index in [2.05, 4.69) is 9.57 Å². The van der Waals surface area contributed by atoms with Crippen LogP contribution in [0.5, 0.6) is 0 Å². The third kappa shape index (κ3) is 1.23. The Bertz CT molecular complexity index is 174. The van der Waals surface area contributed by atoms with Gasteiger partial charge in [0.2, 0.25) is 0 Å². The van der Waals surface area contributed by atoms with Gasteiger partial charge in [-0.1, -0.05) is 13.3 Å². The zero-order valence-electron chi connectivity index (χ0n) is 6.69. The first kappa shape index (κ1) is 8.81. The Labute approximate surface area is 71.2 Å². The Morgan fingerprint density at radius 3 is 2.82 bits per heavy atom. The van der Waals surface area contributed by atoms with E-state index in [4.69, 9.17) is 11.8 Å². The van der Waals surface area contributed by atoms with E-state index in [-0.39, 0.29) is 5.97 Å². The molecular weight excluding hydrogens is 166 g/mol. The van der Waals surface area contributed by atoms with E-state index in [1.54, 1.807) is 0 Å². The van der Waals surface area contributed by atoms with Crippen LogP contribution in [-0.2, 0) is 9.53 Å². The van der Waals surface area contributed by atoms with E-state index in [1.165, 1.54) is 7.11 Å². The summed E-state index contributed by atoms with van der Waals surface area (Å²) >= 11 is 5.45. The van der Waals surface area contributed by atoms with Crippen molar-refractivity contribution in [3.63, 3.8) is 0 Å². The summed E-state index contributed by atoms with van der Waals surface area (Å²) in [5.74, 6) is 0.0896. The first-order valence-electron chi connectivity index (χ1n) is 3.67. The van der Waals surface area contributed by atoms with Crippen molar-refractivity contribution in [1.29, 1.82) is 0 Å². The molecule has 1 unspecified atom stereocenters. The van der Waals surface area contributed by atoms with Gasteiger partial charge in [0.1, 0.15) is 5.54 Å². The second-order valence-corrected chi connectivity index (χ2v) is 3.06. The number of esters is 1. The predicted octanol–water partition coefficient (Wildman–Crippen LogP) is 1.07. The van der Waals surface area contributed by atoms with Gasteiger partial charge < -0.3 is 4.74 Å². The Balaban J connectivity index is 2.59. The molecule has 1 fully saturated rings. The number of rotatable bonds is 3. The highest BCUT2D eigenvalue weighted by molar-refractivity contribution is 6.16. The van der Waals surface area contributed by atoms with E-state index in [9.17, 15) is 4.79 Å². The average Bonchev–Trinajstić information content (AvgIpc) is 2.78. The molecule has 0 amide bonds. The molecule has 0 radical (unpaired) electrons. The van der Waals surface area contributed by atoms with Crippen LogP contribution in [0.1, 0.15) is 19.8 Å². The monoisotopic (exact) mass is 177 g/mol. The largest absolute Gasteiger partial charge is 0.468 e. The Morgan fingerprint density at radius 2 is 2.55 bits per heavy atom. The number of hydrogen-bond donors (Lipinski definition) is 1. The van der Waals surface area contributed by atoms with Gasteiger partial charge in [-0.2, -0.15) is 0 Å². The van der Waals surface area contributed by atoms with Gasteiger partial charge in [0, 0.05) is 0 Å². The molecule has 0 aromatic heterocycles. The normalized spacial score (nSPS) is 35.0. The molecule has 0 aromatic rings. The lowest BCUT2D eigenvalue weighted by molar-refractivity contribution is -0.144. The SMILES string of the molecule is CC[C@@H]1CC1(NCl)C(=O)OC. The lowest BCUT2D eigenvalue weighted by Crippen LogP contribution is -2.36. The quantitative estimate of drug-likeness (QED) is 0.518. The van der Waals surface area contributed by atoms with Crippen molar-refractivity contribution < 1.29 is 9.53 Å². The average molecular weight is 178 g/mol. The predicted molar refractivity (Wildman–Crippen MR) is 42.1 cm³/mol. The summed E-state index contributed by atoms with van der Waals surface area (Å²) in [5.41, 5.74) is -0.578. The van der Waals surface area contributed by atoms with Crippen LogP contribution in [0.4, 0.5) is 0 Å². The minimum atomic E-state index is -0.578. The number of halogens is 1. The molecule has 0 saturated heterocycles. The van der Waals surface area contributed by atoms with Crippen molar-refractivity contribution in [3.8, 4) is 0 Å². The summed E-state index contributed by atoms with van der Waals surface area (Å²) in [4.78, 5) is 13.6. The zero-order chi connectivity index (χ0) is 8.48. The summed E-state index contributed by atoms with van der Waals surface area (Å²) in [7, 11) is 1.38. The summed E-state index contributed by atoms with van der Waals surface area (Å²) in [6.07, 6.45) is 1.74. The number of ether oxygens (including phenoxy) is 1. The van der Waals surface area contributed by atoms with E-state index in [1.807, 2.05) is 6.92 Å². The molecule has 0 spiro atoms. The molecule has 0 aliphatic heterocycles. The van der Waals surface area contributed by atoms with Gasteiger partial charge in [0.15, 0.2) is 0 Å². The third-order valence-corrected chi connectivity index (χ3v) is 2.65. The second-order valence-electron chi connectivity index (χ2n) is 2.87. The number of hydrogen-bond acceptors (Lipinski definition) is 3. The van der Waals surface area contributed by atoms with Gasteiger partial charge in [-0.3, -0.25) is 4.79 Å². The van der Waals surface area contributed by atoms with Crippen molar-refractivity contribution >= 4 is 17.7 Å². The van der Waals surface area contributed by atoms with Gasteiger partial charge in [0.05, 0.1) is 7.11 Å². The molecule has 11 heavy (non-hydrogen) atoms. The minimum Gasteiger partial charge on any atom is -0.468 e. The fourth-order valence-corrected chi connectivity index (χ4v) is 1.72. The number of carbonyl (C=O) groups excluding carboxylic acids is 1. The van der Waals surface area contributed by atoms with Gasteiger partial charge in [-0.25, -0.2) is 4.84 Å². The molecule has 4 heteroatoms. The van der Waals surface area contributed by atoms with Crippen LogP contribution in [0, 0.1) is 5.92 Å². The lowest BCUT2D eigenvalue weighted by atomic mass is 10.2. The molecule has 1 N–H and O–H groups in total. The molecule has 2 atom stereocenters. The van der Waals surface area contributed by atoms with E-state index in [0.717, 1.165) is 12.8 Å². The molecule has 1 saturated carbocycles. The molecule has 3 nitrogen and oxygen atoms in total. The fourth-order valence-electron chi connectivity index (χ4n) is 1.41. The summed E-state index contributed by atoms with van der Waals surface area (Å²) in [6, 6.07) is 0. The highest BCUT2D eigenvalue weighted by Gasteiger charge is 2.59. The van der Waals surface area contributed by atoms with E-state index in [0.29, 0.717) is 5.92 Å². The molecule has 64 valence electrons. The van der Waals surface area contributed by atoms with Crippen LogP contribution < -0.4 is 4.84 Å². The maximum atomic E-state index is 11.1. The van der Waals surface area contributed by atoms with E-state index < -0.39 is 5.54 Å². The lowest BCUT2D eigenvalue weighted by Gasteiger charge is -2.10. The van der Waals surface area contributed by atoms with Crippen LogP contribution in [-0.4, -0.2) is 18.6 Å². The topological polar surface area (TPSA) is 38.3 Å². The van der Waals surface area contributed by atoms with Crippen molar-refractivity contribution in [2.75, 3.05) is 7.11 Å². The summed E-state index contributed by atoms with van der Waals surface area (Å²) in [5, 5.41) is 0. The fraction of sp³-hybridized carbons (Fsp3) is 0.857. The van der Waals surface area contributed by atoms with Crippen LogP contribution in [0.3, 0.4) is 0 Å². The van der Waals surface area contributed by atoms with Crippen molar-refractivity contribution in [3.05, 3.63) is 0 Å². The zero-order valence-corrected chi connectivity index (χ0v) is 7.44. The molecule has 1 aliphatic carbocycles. The van der Waals surface area contributed by atoms with Crippen LogP contribution in [0.2, 0.25) is 0 Å². The first-order chi connectivity index (χ1) is 5.21. The standard InChI is InChI=1S/C7H12ClNO2/c1-3-5-4-7(5,9-8)6(10)11-2/h5,9H,3-4H2,1-2H3/t5-,7?/m1/s1. The smallest absolute Gasteiger partial charge is 0.327 e. The number of nitrogens with one attached hydrogen (secondary N) is 1. The van der Waals surface area contributed by atoms with Crippen molar-refractivity contribution in [1.82, 2.24) is 4.84 Å². The third-order valence-electron chi connectivity index (χ3n) is 2.32. The van der Waals surface area contributed by atoms with Gasteiger partial charge in [0.25, 0.3) is 0 Å². The summed E-state index contributed by atoms with van der Waals surface area (Å²) in [6.45, 7) is 2.03. The molecule has 0 heterocycles. The molecule has 0 bridgehead atoms. The second kappa shape index (κ2) is 2.99. The maximum Gasteiger partial charge on any atom is 0.327 e. The highest BCUT2D eigenvalue weighted by atomic mass is 35.5. The maximum absolute atomic E-state index is 11.1. The molecule has 1 aliphatic rings. The van der Waals surface area contributed by atoms with E-state index >= 15 is 0 Å². The Morgan fingerprint density at radius 1 is 1.91 bits per heavy atom.